The number of pyridine rings is 1. The molecule has 0 spiro atoms. The van der Waals surface area contributed by atoms with E-state index in [-0.39, 0.29) is 27.5 Å². The van der Waals surface area contributed by atoms with E-state index in [0.29, 0.717) is 10.0 Å². The van der Waals surface area contributed by atoms with Gasteiger partial charge in [-0.25, -0.2) is 8.42 Å². The lowest BCUT2D eigenvalue weighted by Crippen LogP contribution is -2.29. The molecule has 0 radical (unpaired) electrons. The molecule has 9 heteroatoms. The van der Waals surface area contributed by atoms with Gasteiger partial charge < -0.3 is 10.3 Å². The molecule has 0 fully saturated rings. The minimum Gasteiger partial charge on any atom is -0.365 e. The highest BCUT2D eigenvalue weighted by atomic mass is 79.9. The van der Waals surface area contributed by atoms with Gasteiger partial charge in [0.15, 0.2) is 9.84 Å². The van der Waals surface area contributed by atoms with Gasteiger partial charge in [0.1, 0.15) is 5.49 Å². The van der Waals surface area contributed by atoms with Gasteiger partial charge in [-0.1, -0.05) is 17.7 Å². The van der Waals surface area contributed by atoms with Crippen LogP contribution in [0, 0.1) is 5.41 Å². The molecule has 1 heterocycles. The average Bonchev–Trinajstić information content (AvgIpc) is 2.43. The van der Waals surface area contributed by atoms with Crippen molar-refractivity contribution in [3.63, 3.8) is 0 Å². The molecule has 0 unspecified atom stereocenters. The molecule has 0 aliphatic heterocycles. The highest BCUT2D eigenvalue weighted by Gasteiger charge is 2.14. The second-order valence-corrected chi connectivity index (χ2v) is 8.22. The maximum Gasteiger partial charge on any atom is 0.252 e. The van der Waals surface area contributed by atoms with Crippen LogP contribution in [0.1, 0.15) is 15.9 Å². The summed E-state index contributed by atoms with van der Waals surface area (Å²) in [4.78, 5) is 11.5. The number of aromatic nitrogens is 1. The second-order valence-electron chi connectivity index (χ2n) is 4.95. The minimum atomic E-state index is -3.39. The van der Waals surface area contributed by atoms with Crippen LogP contribution in [-0.2, 0) is 16.4 Å². The summed E-state index contributed by atoms with van der Waals surface area (Å²) in [6.45, 7) is 0.176. The molecule has 0 saturated heterocycles. The van der Waals surface area contributed by atoms with Gasteiger partial charge in [-0.3, -0.25) is 10.2 Å². The number of halogens is 2. The zero-order valence-corrected chi connectivity index (χ0v) is 15.2. The monoisotopic (exact) mass is 417 g/mol. The molecule has 2 rings (SSSR count). The lowest BCUT2D eigenvalue weighted by atomic mass is 10.2. The van der Waals surface area contributed by atoms with Crippen LogP contribution in [0.15, 0.2) is 39.8 Å². The molecule has 0 atom stereocenters. The number of hydrogen-bond donors (Lipinski definition) is 2. The van der Waals surface area contributed by atoms with Crippen LogP contribution in [0.3, 0.4) is 0 Å². The molecule has 6 nitrogen and oxygen atoms in total. The van der Waals surface area contributed by atoms with Crippen molar-refractivity contribution in [3.8, 4) is 0 Å². The van der Waals surface area contributed by atoms with Crippen molar-refractivity contribution in [2.45, 2.75) is 11.4 Å². The Labute approximate surface area is 146 Å². The Morgan fingerprint density at radius 3 is 2.61 bits per heavy atom. The summed E-state index contributed by atoms with van der Waals surface area (Å²) in [5.74, 6) is -0.751. The van der Waals surface area contributed by atoms with E-state index in [1.807, 2.05) is 0 Å². The van der Waals surface area contributed by atoms with Crippen LogP contribution in [0.2, 0.25) is 5.02 Å². The van der Waals surface area contributed by atoms with Gasteiger partial charge in [0.2, 0.25) is 0 Å². The number of amides is 1. The van der Waals surface area contributed by atoms with Crippen molar-refractivity contribution >= 4 is 43.3 Å². The first kappa shape index (κ1) is 17.7. The van der Waals surface area contributed by atoms with E-state index in [9.17, 15) is 13.2 Å². The topological polar surface area (TPSA) is 106 Å². The van der Waals surface area contributed by atoms with Gasteiger partial charge in [0.05, 0.1) is 15.5 Å². The fourth-order valence-corrected chi connectivity index (χ4v) is 4.19. The van der Waals surface area contributed by atoms with Crippen LogP contribution >= 0.6 is 27.5 Å². The number of hydrogen-bond acceptors (Lipinski definition) is 4. The highest BCUT2D eigenvalue weighted by molar-refractivity contribution is 9.10. The zero-order chi connectivity index (χ0) is 17.4. The van der Waals surface area contributed by atoms with Crippen LogP contribution < -0.4 is 11.2 Å². The summed E-state index contributed by atoms with van der Waals surface area (Å²) in [6, 6.07) is 6.18. The lowest BCUT2D eigenvalue weighted by molar-refractivity contribution is 0.0997. The largest absolute Gasteiger partial charge is 0.365 e. The molecular formula is C14H13BrClN3O3S. The second kappa shape index (κ2) is 6.46. The Hall–Kier alpha value is -1.64. The van der Waals surface area contributed by atoms with Crippen molar-refractivity contribution in [3.05, 3.63) is 56.6 Å². The predicted molar refractivity (Wildman–Crippen MR) is 90.2 cm³/mol. The third-order valence-corrected chi connectivity index (χ3v) is 5.41. The van der Waals surface area contributed by atoms with E-state index >= 15 is 0 Å². The average molecular weight is 419 g/mol. The molecule has 122 valence electrons. The van der Waals surface area contributed by atoms with Crippen molar-refractivity contribution in [2.24, 2.45) is 5.73 Å². The van der Waals surface area contributed by atoms with E-state index in [0.717, 1.165) is 6.26 Å². The Morgan fingerprint density at radius 2 is 2.04 bits per heavy atom. The van der Waals surface area contributed by atoms with Crippen LogP contribution in [0.5, 0.6) is 0 Å². The van der Waals surface area contributed by atoms with E-state index in [1.165, 1.54) is 22.9 Å². The first-order valence-electron chi connectivity index (χ1n) is 6.32. The molecule has 3 N–H and O–H groups in total. The number of nitrogens with one attached hydrogen (secondary N) is 1. The van der Waals surface area contributed by atoms with Crippen molar-refractivity contribution in [1.82, 2.24) is 4.57 Å². The quantitative estimate of drug-likeness (QED) is 0.792. The lowest BCUT2D eigenvalue weighted by Gasteiger charge is -2.11. The van der Waals surface area contributed by atoms with Crippen molar-refractivity contribution in [2.75, 3.05) is 6.26 Å². The Morgan fingerprint density at radius 1 is 1.39 bits per heavy atom. The Kier molecular flexibility index (Phi) is 4.98. The SMILES string of the molecule is CS(=O)(=O)c1cc(Cn2cc(Cl)cc(C(N)=O)c2=N)ccc1Br. The Balaban J connectivity index is 2.53. The van der Waals surface area contributed by atoms with Crippen LogP contribution in [0.4, 0.5) is 0 Å². The van der Waals surface area contributed by atoms with E-state index in [1.54, 1.807) is 12.1 Å². The van der Waals surface area contributed by atoms with Gasteiger partial charge in [0.25, 0.3) is 5.91 Å². The van der Waals surface area contributed by atoms with Gasteiger partial charge in [-0.2, -0.15) is 0 Å². The standard InChI is InChI=1S/C14H13BrClN3O3S/c1-23(21,22)12-4-8(2-3-11(12)15)6-19-7-9(16)5-10(13(19)17)14(18)20/h2-5,7,17H,6H2,1H3,(H2,18,20). The number of nitrogens with zero attached hydrogens (tertiary/aromatic N) is 1. The zero-order valence-electron chi connectivity index (χ0n) is 12.0. The smallest absolute Gasteiger partial charge is 0.252 e. The molecule has 2 aromatic rings. The first-order valence-corrected chi connectivity index (χ1v) is 9.38. The van der Waals surface area contributed by atoms with E-state index in [4.69, 9.17) is 22.7 Å². The third-order valence-electron chi connectivity index (χ3n) is 3.12. The molecule has 0 aliphatic carbocycles. The molecule has 1 amide bonds. The number of primary amides is 1. The summed E-state index contributed by atoms with van der Waals surface area (Å²) in [5, 5.41) is 8.28. The molecule has 1 aromatic carbocycles. The van der Waals surface area contributed by atoms with E-state index in [2.05, 4.69) is 15.9 Å². The summed E-state index contributed by atoms with van der Waals surface area (Å²) in [7, 11) is -3.39. The fourth-order valence-electron chi connectivity index (χ4n) is 2.05. The number of rotatable bonds is 4. The van der Waals surface area contributed by atoms with Crippen LogP contribution in [-0.4, -0.2) is 25.1 Å². The first-order chi connectivity index (χ1) is 10.6. The summed E-state index contributed by atoms with van der Waals surface area (Å²) < 4.78 is 25.4. The van der Waals surface area contributed by atoms with Crippen LogP contribution in [0.25, 0.3) is 0 Å². The molecule has 0 aliphatic rings. The fraction of sp³-hybridized carbons (Fsp3) is 0.143. The summed E-state index contributed by atoms with van der Waals surface area (Å²) in [6.07, 6.45) is 2.60. The number of sulfone groups is 1. The number of carbonyl (C=O) groups excluding carboxylic acids is 1. The maximum atomic E-state index is 11.8. The number of carbonyl (C=O) groups is 1. The third kappa shape index (κ3) is 4.01. The molecule has 1 aromatic heterocycles. The van der Waals surface area contributed by atoms with Crippen molar-refractivity contribution < 1.29 is 13.2 Å². The van der Waals surface area contributed by atoms with E-state index < -0.39 is 15.7 Å². The molecule has 0 bridgehead atoms. The Bertz CT molecular complexity index is 954. The summed E-state index contributed by atoms with van der Waals surface area (Å²) >= 11 is 9.15. The predicted octanol–water partition coefficient (Wildman–Crippen LogP) is 1.93. The molecule has 23 heavy (non-hydrogen) atoms. The van der Waals surface area contributed by atoms with Crippen molar-refractivity contribution in [1.29, 1.82) is 5.41 Å². The van der Waals surface area contributed by atoms with Gasteiger partial charge >= 0.3 is 0 Å². The summed E-state index contributed by atoms with van der Waals surface area (Å²) in [5.41, 5.74) is 5.78. The number of nitrogens with two attached hydrogens (primary N) is 1. The maximum absolute atomic E-state index is 11.8. The highest BCUT2D eigenvalue weighted by Crippen LogP contribution is 2.23. The van der Waals surface area contributed by atoms with Gasteiger partial charge in [-0.05, 0) is 39.7 Å². The normalized spacial score (nSPS) is 11.4. The molecular weight excluding hydrogens is 406 g/mol. The molecule has 0 saturated carbocycles. The minimum absolute atomic E-state index is 0.00190. The van der Waals surface area contributed by atoms with Gasteiger partial charge in [-0.15, -0.1) is 0 Å². The van der Waals surface area contributed by atoms with Gasteiger partial charge in [0, 0.05) is 23.5 Å². The number of benzene rings is 1.